The van der Waals surface area contributed by atoms with Crippen LogP contribution in [0.4, 0.5) is 0 Å². The van der Waals surface area contributed by atoms with Gasteiger partial charge in [-0.3, -0.25) is 9.89 Å². The summed E-state index contributed by atoms with van der Waals surface area (Å²) in [6.07, 6.45) is 6.47. The maximum Gasteiger partial charge on any atom is 0.335 e. The van der Waals surface area contributed by atoms with E-state index in [1.165, 1.54) is 5.56 Å². The van der Waals surface area contributed by atoms with Gasteiger partial charge in [-0.1, -0.05) is 18.2 Å². The molecule has 1 aliphatic rings. The van der Waals surface area contributed by atoms with Crippen LogP contribution < -0.4 is 0 Å². The van der Waals surface area contributed by atoms with Crippen LogP contribution >= 0.6 is 0 Å². The lowest BCUT2D eigenvalue weighted by Crippen LogP contribution is -2.38. The summed E-state index contributed by atoms with van der Waals surface area (Å²) in [5, 5.41) is 16.0. The minimum atomic E-state index is -0.945. The Hall–Kier alpha value is -2.63. The fourth-order valence-corrected chi connectivity index (χ4v) is 3.29. The zero-order chi connectivity index (χ0) is 16.9. The lowest BCUT2D eigenvalue weighted by molar-refractivity contribution is -0.132. The Balaban J connectivity index is 1.52. The maximum atomic E-state index is 12.4. The summed E-state index contributed by atoms with van der Waals surface area (Å²) in [7, 11) is 0. The molecule has 126 valence electrons. The summed E-state index contributed by atoms with van der Waals surface area (Å²) in [6, 6.07) is 6.87. The second-order valence-corrected chi connectivity index (χ2v) is 6.15. The molecular weight excluding hydrogens is 306 g/mol. The Morgan fingerprint density at radius 2 is 2.00 bits per heavy atom. The first-order chi connectivity index (χ1) is 11.6. The molecule has 0 bridgehead atoms. The van der Waals surface area contributed by atoms with E-state index in [-0.39, 0.29) is 11.5 Å². The minimum absolute atomic E-state index is 0.0980. The molecule has 6 nitrogen and oxygen atoms in total. The standard InChI is InChI=1S/C18H21N3O3/c22-17(6-5-14-3-1-2-4-16(14)18(23)24)21-9-7-13(8-10-21)15-11-19-20-12-15/h1-4,11-13H,5-10H2,(H,19,20)(H,23,24). The van der Waals surface area contributed by atoms with Crippen molar-refractivity contribution >= 4 is 11.9 Å². The lowest BCUT2D eigenvalue weighted by atomic mass is 9.91. The highest BCUT2D eigenvalue weighted by molar-refractivity contribution is 5.89. The van der Waals surface area contributed by atoms with E-state index < -0.39 is 5.97 Å². The molecule has 0 aliphatic carbocycles. The zero-order valence-corrected chi connectivity index (χ0v) is 13.4. The quantitative estimate of drug-likeness (QED) is 0.883. The van der Waals surface area contributed by atoms with Crippen molar-refractivity contribution in [3.63, 3.8) is 0 Å². The van der Waals surface area contributed by atoms with Crippen LogP contribution in [-0.4, -0.2) is 45.2 Å². The van der Waals surface area contributed by atoms with Crippen molar-refractivity contribution in [1.29, 1.82) is 0 Å². The number of nitrogens with one attached hydrogen (secondary N) is 1. The largest absolute Gasteiger partial charge is 0.478 e. The molecule has 2 N–H and O–H groups in total. The van der Waals surface area contributed by atoms with Crippen molar-refractivity contribution in [2.75, 3.05) is 13.1 Å². The molecule has 2 aromatic rings. The maximum absolute atomic E-state index is 12.4. The number of carboxylic acids is 1. The first-order valence-electron chi connectivity index (χ1n) is 8.23. The zero-order valence-electron chi connectivity index (χ0n) is 13.4. The Bertz CT molecular complexity index is 704. The van der Waals surface area contributed by atoms with Gasteiger partial charge >= 0.3 is 5.97 Å². The SMILES string of the molecule is O=C(O)c1ccccc1CCC(=O)N1CCC(c2cn[nH]c2)CC1. The number of aromatic amines is 1. The number of aromatic carboxylic acids is 1. The predicted octanol–water partition coefficient (Wildman–Crippen LogP) is 2.45. The highest BCUT2D eigenvalue weighted by Crippen LogP contribution is 2.27. The van der Waals surface area contributed by atoms with Gasteiger partial charge in [0.1, 0.15) is 0 Å². The van der Waals surface area contributed by atoms with Crippen LogP contribution in [0.2, 0.25) is 0 Å². The average Bonchev–Trinajstić information content (AvgIpc) is 3.14. The van der Waals surface area contributed by atoms with E-state index in [1.807, 2.05) is 23.4 Å². The summed E-state index contributed by atoms with van der Waals surface area (Å²) in [5.41, 5.74) is 2.20. The summed E-state index contributed by atoms with van der Waals surface area (Å²) in [4.78, 5) is 25.5. The number of rotatable bonds is 5. The van der Waals surface area contributed by atoms with Gasteiger partial charge in [0, 0.05) is 25.7 Å². The number of nitrogens with zero attached hydrogens (tertiary/aromatic N) is 2. The molecule has 2 heterocycles. The van der Waals surface area contributed by atoms with E-state index in [0.717, 1.165) is 25.9 Å². The third-order valence-corrected chi connectivity index (χ3v) is 4.69. The topological polar surface area (TPSA) is 86.3 Å². The fraction of sp³-hybridized carbons (Fsp3) is 0.389. The first-order valence-corrected chi connectivity index (χ1v) is 8.23. The number of benzene rings is 1. The molecule has 1 fully saturated rings. The molecule has 3 rings (SSSR count). The minimum Gasteiger partial charge on any atom is -0.478 e. The summed E-state index contributed by atoms with van der Waals surface area (Å²) < 4.78 is 0. The molecule has 1 amide bonds. The number of hydrogen-bond acceptors (Lipinski definition) is 3. The molecule has 1 aromatic carbocycles. The van der Waals surface area contributed by atoms with Gasteiger partial charge in [-0.05, 0) is 42.4 Å². The van der Waals surface area contributed by atoms with Crippen molar-refractivity contribution in [2.24, 2.45) is 0 Å². The number of likely N-dealkylation sites (tertiary alicyclic amines) is 1. The Morgan fingerprint density at radius 1 is 1.25 bits per heavy atom. The molecule has 0 saturated carbocycles. The second kappa shape index (κ2) is 7.29. The van der Waals surface area contributed by atoms with E-state index in [1.54, 1.807) is 18.2 Å². The number of aromatic nitrogens is 2. The van der Waals surface area contributed by atoms with Gasteiger partial charge in [-0.15, -0.1) is 0 Å². The third kappa shape index (κ3) is 3.64. The van der Waals surface area contributed by atoms with Gasteiger partial charge in [0.05, 0.1) is 11.8 Å². The molecule has 0 atom stereocenters. The van der Waals surface area contributed by atoms with E-state index in [9.17, 15) is 14.7 Å². The molecule has 0 spiro atoms. The number of carboxylic acid groups (broad SMARTS) is 1. The van der Waals surface area contributed by atoms with Gasteiger partial charge in [0.25, 0.3) is 0 Å². The molecule has 1 aromatic heterocycles. The van der Waals surface area contributed by atoms with Gasteiger partial charge in [0.2, 0.25) is 5.91 Å². The Labute approximate surface area is 140 Å². The van der Waals surface area contributed by atoms with Crippen LogP contribution in [0.5, 0.6) is 0 Å². The molecule has 24 heavy (non-hydrogen) atoms. The number of piperidine rings is 1. The van der Waals surface area contributed by atoms with Crippen molar-refractivity contribution in [3.8, 4) is 0 Å². The second-order valence-electron chi connectivity index (χ2n) is 6.15. The first kappa shape index (κ1) is 16.2. The molecule has 6 heteroatoms. The van der Waals surface area contributed by atoms with Gasteiger partial charge in [-0.25, -0.2) is 4.79 Å². The van der Waals surface area contributed by atoms with Crippen LogP contribution in [0.3, 0.4) is 0 Å². The number of carbonyl (C=O) groups excluding carboxylic acids is 1. The fourth-order valence-electron chi connectivity index (χ4n) is 3.29. The number of amides is 1. The highest BCUT2D eigenvalue weighted by atomic mass is 16.4. The van der Waals surface area contributed by atoms with Crippen LogP contribution in [0.1, 0.15) is 46.7 Å². The normalized spacial score (nSPS) is 15.4. The number of carbonyl (C=O) groups is 2. The smallest absolute Gasteiger partial charge is 0.335 e. The summed E-state index contributed by atoms with van der Waals surface area (Å²) in [6.45, 7) is 1.49. The van der Waals surface area contributed by atoms with E-state index in [4.69, 9.17) is 0 Å². The highest BCUT2D eigenvalue weighted by Gasteiger charge is 2.24. The average molecular weight is 327 g/mol. The van der Waals surface area contributed by atoms with Crippen molar-refractivity contribution in [1.82, 2.24) is 15.1 Å². The predicted molar refractivity (Wildman–Crippen MR) is 88.9 cm³/mol. The van der Waals surface area contributed by atoms with Crippen LogP contribution in [-0.2, 0) is 11.2 Å². The van der Waals surface area contributed by atoms with Gasteiger partial charge < -0.3 is 10.0 Å². The summed E-state index contributed by atoms with van der Waals surface area (Å²) >= 11 is 0. The van der Waals surface area contributed by atoms with Crippen LogP contribution in [0.15, 0.2) is 36.7 Å². The number of aryl methyl sites for hydroxylation is 1. The monoisotopic (exact) mass is 327 g/mol. The summed E-state index contributed by atoms with van der Waals surface area (Å²) in [5.74, 6) is -0.389. The third-order valence-electron chi connectivity index (χ3n) is 4.69. The lowest BCUT2D eigenvalue weighted by Gasteiger charge is -2.31. The number of hydrogen-bond donors (Lipinski definition) is 2. The van der Waals surface area contributed by atoms with Crippen molar-refractivity contribution in [2.45, 2.75) is 31.6 Å². The van der Waals surface area contributed by atoms with E-state index in [0.29, 0.717) is 24.3 Å². The van der Waals surface area contributed by atoms with Crippen molar-refractivity contribution < 1.29 is 14.7 Å². The molecule has 1 saturated heterocycles. The Morgan fingerprint density at radius 3 is 2.67 bits per heavy atom. The molecular formula is C18H21N3O3. The Kier molecular flexibility index (Phi) is 4.93. The van der Waals surface area contributed by atoms with Crippen LogP contribution in [0.25, 0.3) is 0 Å². The molecule has 0 radical (unpaired) electrons. The van der Waals surface area contributed by atoms with E-state index in [2.05, 4.69) is 10.2 Å². The molecule has 0 unspecified atom stereocenters. The number of H-pyrrole nitrogens is 1. The van der Waals surface area contributed by atoms with Crippen molar-refractivity contribution in [3.05, 3.63) is 53.3 Å². The van der Waals surface area contributed by atoms with E-state index >= 15 is 0 Å². The van der Waals surface area contributed by atoms with Gasteiger partial charge in [0.15, 0.2) is 0 Å². The molecule has 1 aliphatic heterocycles. The van der Waals surface area contributed by atoms with Crippen LogP contribution in [0, 0.1) is 0 Å². The van der Waals surface area contributed by atoms with Gasteiger partial charge in [-0.2, -0.15) is 5.10 Å².